The van der Waals surface area contributed by atoms with E-state index in [1.54, 1.807) is 6.07 Å². The van der Waals surface area contributed by atoms with E-state index >= 15 is 0 Å². The number of phenols is 1. The first-order valence-electron chi connectivity index (χ1n) is 5.87. The molecule has 0 aromatic heterocycles. The highest BCUT2D eigenvalue weighted by molar-refractivity contribution is 9.10. The molecule has 0 bridgehead atoms. The van der Waals surface area contributed by atoms with Crippen molar-refractivity contribution in [3.05, 3.63) is 65.6 Å². The fourth-order valence-corrected chi connectivity index (χ4v) is 2.27. The average Bonchev–Trinajstić information content (AvgIpc) is 2.50. The van der Waals surface area contributed by atoms with Crippen molar-refractivity contribution in [3.63, 3.8) is 0 Å². The van der Waals surface area contributed by atoms with E-state index in [0.717, 1.165) is 0 Å². The van der Waals surface area contributed by atoms with Gasteiger partial charge in [-0.3, -0.25) is 20.2 Å². The van der Waals surface area contributed by atoms with Gasteiger partial charge in [-0.25, -0.2) is 0 Å². The third kappa shape index (κ3) is 5.49. The van der Waals surface area contributed by atoms with Crippen LogP contribution in [0.15, 0.2) is 45.3 Å². The smallest absolute Gasteiger partial charge is 0.270 e. The molecule has 8 nitrogen and oxygen atoms in total. The number of nitrogens with zero attached hydrogens (tertiary/aromatic N) is 2. The van der Waals surface area contributed by atoms with Crippen LogP contribution in [0, 0.1) is 20.2 Å². The molecule has 0 spiro atoms. The van der Waals surface area contributed by atoms with Crippen LogP contribution in [0.3, 0.4) is 0 Å². The summed E-state index contributed by atoms with van der Waals surface area (Å²) in [4.78, 5) is 19.5. The zero-order valence-corrected chi connectivity index (χ0v) is 14.8. The molecule has 0 unspecified atom stereocenters. The SMILES string of the molecule is COc1ccc([N+](=O)[O-])cc1Br.O=[N+]([O-])c1ccc(O)c(Br)c1. The number of nitro groups is 2. The van der Waals surface area contributed by atoms with Crippen LogP contribution in [0.2, 0.25) is 0 Å². The summed E-state index contributed by atoms with van der Waals surface area (Å²) in [5.74, 6) is 0.580. The first-order valence-corrected chi connectivity index (χ1v) is 7.45. The van der Waals surface area contributed by atoms with Crippen molar-refractivity contribution in [1.82, 2.24) is 0 Å². The fraction of sp³-hybridized carbons (Fsp3) is 0.0769. The van der Waals surface area contributed by atoms with Gasteiger partial charge in [0.25, 0.3) is 11.4 Å². The Labute approximate surface area is 147 Å². The second-order valence-electron chi connectivity index (χ2n) is 3.97. The Kier molecular flexibility index (Phi) is 6.91. The van der Waals surface area contributed by atoms with E-state index in [9.17, 15) is 20.2 Å². The molecule has 1 N–H and O–H groups in total. The lowest BCUT2D eigenvalue weighted by atomic mass is 10.3. The fourth-order valence-electron chi connectivity index (χ4n) is 1.38. The lowest BCUT2D eigenvalue weighted by molar-refractivity contribution is -0.385. The maximum Gasteiger partial charge on any atom is 0.270 e. The standard InChI is InChI=1S/C7H6BrNO3.C6H4BrNO3/c1-12-7-3-2-5(9(10)11)4-6(7)8;7-5-3-4(8(10)11)1-2-6(5)9/h2-4H,1H3;1-3,9H. The van der Waals surface area contributed by atoms with E-state index in [-0.39, 0.29) is 17.1 Å². The quantitative estimate of drug-likeness (QED) is 0.547. The summed E-state index contributed by atoms with van der Waals surface area (Å²) in [5.41, 5.74) is -0.00245. The summed E-state index contributed by atoms with van der Waals surface area (Å²) in [5, 5.41) is 29.4. The summed E-state index contributed by atoms with van der Waals surface area (Å²) in [6.07, 6.45) is 0. The molecule has 23 heavy (non-hydrogen) atoms. The molecule has 10 heteroatoms. The Morgan fingerprint density at radius 2 is 1.43 bits per heavy atom. The van der Waals surface area contributed by atoms with Crippen LogP contribution >= 0.6 is 31.9 Å². The molecule has 2 rings (SSSR count). The zero-order chi connectivity index (χ0) is 17.6. The summed E-state index contributed by atoms with van der Waals surface area (Å²) in [7, 11) is 1.51. The van der Waals surface area contributed by atoms with Crippen LogP contribution in [-0.4, -0.2) is 22.1 Å². The Hall–Kier alpha value is -2.20. The van der Waals surface area contributed by atoms with Crippen LogP contribution in [0.4, 0.5) is 11.4 Å². The summed E-state index contributed by atoms with van der Waals surface area (Å²) in [6, 6.07) is 8.09. The molecule has 0 aliphatic carbocycles. The molecule has 0 radical (unpaired) electrons. The molecule has 2 aromatic carbocycles. The molecular formula is C13H10Br2N2O6. The first-order chi connectivity index (χ1) is 10.8. The first kappa shape index (κ1) is 18.8. The minimum Gasteiger partial charge on any atom is -0.507 e. The maximum absolute atomic E-state index is 10.3. The van der Waals surface area contributed by atoms with Crippen molar-refractivity contribution < 1.29 is 19.7 Å². The number of benzene rings is 2. The van der Waals surface area contributed by atoms with Crippen molar-refractivity contribution in [2.45, 2.75) is 0 Å². The van der Waals surface area contributed by atoms with Crippen LogP contribution in [0.25, 0.3) is 0 Å². The van der Waals surface area contributed by atoms with Gasteiger partial charge >= 0.3 is 0 Å². The van der Waals surface area contributed by atoms with Crippen molar-refractivity contribution in [2.24, 2.45) is 0 Å². The van der Waals surface area contributed by atoms with Crippen LogP contribution < -0.4 is 4.74 Å². The second-order valence-corrected chi connectivity index (χ2v) is 5.68. The van der Waals surface area contributed by atoms with E-state index in [1.165, 1.54) is 37.4 Å². The van der Waals surface area contributed by atoms with Gasteiger partial charge in [0.05, 0.1) is 25.9 Å². The minimum atomic E-state index is -0.524. The van der Waals surface area contributed by atoms with E-state index < -0.39 is 9.85 Å². The van der Waals surface area contributed by atoms with E-state index in [2.05, 4.69) is 31.9 Å². The van der Waals surface area contributed by atoms with Crippen molar-refractivity contribution in [2.75, 3.05) is 7.11 Å². The highest BCUT2D eigenvalue weighted by atomic mass is 79.9. The van der Waals surface area contributed by atoms with Crippen molar-refractivity contribution in [1.29, 1.82) is 0 Å². The largest absolute Gasteiger partial charge is 0.507 e. The van der Waals surface area contributed by atoms with Gasteiger partial charge in [-0.1, -0.05) is 0 Å². The average molecular weight is 450 g/mol. The molecule has 0 saturated heterocycles. The Morgan fingerprint density at radius 1 is 0.957 bits per heavy atom. The lowest BCUT2D eigenvalue weighted by Crippen LogP contribution is -1.89. The molecule has 122 valence electrons. The Morgan fingerprint density at radius 3 is 1.83 bits per heavy atom. The molecule has 0 fully saturated rings. The number of hydrogen-bond acceptors (Lipinski definition) is 6. The molecule has 0 saturated carbocycles. The van der Waals surface area contributed by atoms with E-state index in [0.29, 0.717) is 14.7 Å². The monoisotopic (exact) mass is 448 g/mol. The molecule has 0 aliphatic rings. The van der Waals surface area contributed by atoms with Gasteiger partial charge in [0.15, 0.2) is 0 Å². The third-order valence-electron chi connectivity index (χ3n) is 2.49. The molecular weight excluding hydrogens is 440 g/mol. The van der Waals surface area contributed by atoms with E-state index in [1.807, 2.05) is 0 Å². The third-order valence-corrected chi connectivity index (χ3v) is 3.74. The predicted octanol–water partition coefficient (Wildman–Crippen LogP) is 4.43. The molecule has 2 aromatic rings. The number of aromatic hydroxyl groups is 1. The Balaban J connectivity index is 0.000000231. The van der Waals surface area contributed by atoms with Gasteiger partial charge in [-0.2, -0.15) is 0 Å². The number of halogens is 2. The number of ether oxygens (including phenoxy) is 1. The maximum atomic E-state index is 10.3. The van der Waals surface area contributed by atoms with Gasteiger partial charge in [-0.05, 0) is 44.0 Å². The topological polar surface area (TPSA) is 116 Å². The number of methoxy groups -OCH3 is 1. The van der Waals surface area contributed by atoms with Gasteiger partial charge in [0.2, 0.25) is 0 Å². The molecule has 0 heterocycles. The summed E-state index contributed by atoms with van der Waals surface area (Å²) < 4.78 is 5.82. The molecule has 0 aliphatic heterocycles. The van der Waals surface area contributed by atoms with Gasteiger partial charge < -0.3 is 9.84 Å². The number of non-ortho nitro benzene ring substituents is 2. The highest BCUT2D eigenvalue weighted by Crippen LogP contribution is 2.28. The zero-order valence-electron chi connectivity index (χ0n) is 11.6. The number of phenolic OH excluding ortho intramolecular Hbond substituents is 1. The molecule has 0 atom stereocenters. The molecule has 0 amide bonds. The van der Waals surface area contributed by atoms with Crippen LogP contribution in [0.1, 0.15) is 0 Å². The van der Waals surface area contributed by atoms with E-state index in [4.69, 9.17) is 9.84 Å². The number of rotatable bonds is 3. The normalized spacial score (nSPS) is 9.52. The highest BCUT2D eigenvalue weighted by Gasteiger charge is 2.08. The number of nitro benzene ring substituents is 2. The van der Waals surface area contributed by atoms with Crippen molar-refractivity contribution >= 4 is 43.2 Å². The van der Waals surface area contributed by atoms with Crippen LogP contribution in [0.5, 0.6) is 11.5 Å². The predicted molar refractivity (Wildman–Crippen MR) is 89.8 cm³/mol. The van der Waals surface area contributed by atoms with Gasteiger partial charge in [-0.15, -0.1) is 0 Å². The lowest BCUT2D eigenvalue weighted by Gasteiger charge is -2.00. The Bertz CT molecular complexity index is 738. The van der Waals surface area contributed by atoms with Crippen molar-refractivity contribution in [3.8, 4) is 11.5 Å². The second kappa shape index (κ2) is 8.44. The van der Waals surface area contributed by atoms with Gasteiger partial charge in [0, 0.05) is 24.3 Å². The number of hydrogen-bond donors (Lipinski definition) is 1. The summed E-state index contributed by atoms with van der Waals surface area (Å²) in [6.45, 7) is 0. The van der Waals surface area contributed by atoms with Crippen LogP contribution in [-0.2, 0) is 0 Å². The van der Waals surface area contributed by atoms with Gasteiger partial charge in [0.1, 0.15) is 11.5 Å². The summed E-state index contributed by atoms with van der Waals surface area (Å²) >= 11 is 6.11. The minimum absolute atomic E-state index is 0.00407.